The van der Waals surface area contributed by atoms with Gasteiger partial charge in [0.2, 0.25) is 0 Å². The number of carbonyl (C=O) groups is 1. The normalized spacial score (nSPS) is 15.0. The van der Waals surface area contributed by atoms with Crippen molar-refractivity contribution in [1.29, 1.82) is 0 Å². The molecule has 0 bridgehead atoms. The quantitative estimate of drug-likeness (QED) is 0.864. The van der Waals surface area contributed by atoms with Crippen molar-refractivity contribution < 1.29 is 4.79 Å². The lowest BCUT2D eigenvalue weighted by atomic mass is 10.2. The van der Waals surface area contributed by atoms with Crippen LogP contribution in [0.1, 0.15) is 28.8 Å². The average Bonchev–Trinajstić information content (AvgIpc) is 3.19. The van der Waals surface area contributed by atoms with Crippen molar-refractivity contribution >= 4 is 12.0 Å². The fourth-order valence-corrected chi connectivity index (χ4v) is 2.54. The van der Waals surface area contributed by atoms with Crippen LogP contribution in [0, 0.1) is 0 Å². The van der Waals surface area contributed by atoms with E-state index in [4.69, 9.17) is 0 Å². The van der Waals surface area contributed by atoms with Crippen LogP contribution in [-0.4, -0.2) is 33.7 Å². The van der Waals surface area contributed by atoms with Gasteiger partial charge in [0.1, 0.15) is 0 Å². The smallest absolute Gasteiger partial charge is 0.257 e. The topological polar surface area (TPSA) is 38.1 Å². The van der Waals surface area contributed by atoms with Gasteiger partial charge in [0, 0.05) is 19.3 Å². The van der Waals surface area contributed by atoms with Gasteiger partial charge < -0.3 is 4.90 Å². The van der Waals surface area contributed by atoms with Crippen LogP contribution in [0.15, 0.2) is 48.8 Å². The zero-order valence-corrected chi connectivity index (χ0v) is 12.0. The maximum atomic E-state index is 12.2. The van der Waals surface area contributed by atoms with Crippen LogP contribution in [0.3, 0.4) is 0 Å². The highest BCUT2D eigenvalue weighted by molar-refractivity contribution is 5.93. The first-order valence-corrected chi connectivity index (χ1v) is 7.36. The number of allylic oxidation sites excluding steroid dienone is 1. The van der Waals surface area contributed by atoms with Crippen molar-refractivity contribution in [3.05, 3.63) is 59.9 Å². The zero-order valence-electron chi connectivity index (χ0n) is 12.0. The molecule has 1 saturated heterocycles. The van der Waals surface area contributed by atoms with E-state index in [0.717, 1.165) is 31.5 Å². The lowest BCUT2D eigenvalue weighted by Gasteiger charge is -2.13. The van der Waals surface area contributed by atoms with Crippen LogP contribution >= 0.6 is 0 Å². The Labute approximate surface area is 124 Å². The Morgan fingerprint density at radius 2 is 1.95 bits per heavy atom. The van der Waals surface area contributed by atoms with E-state index < -0.39 is 0 Å². The third kappa shape index (κ3) is 3.40. The first-order valence-electron chi connectivity index (χ1n) is 7.36. The molecule has 0 N–H and O–H groups in total. The molecule has 4 heteroatoms. The molecule has 1 fully saturated rings. The van der Waals surface area contributed by atoms with E-state index in [1.165, 1.54) is 0 Å². The summed E-state index contributed by atoms with van der Waals surface area (Å²) in [4.78, 5) is 14.1. The first kappa shape index (κ1) is 13.6. The minimum Gasteiger partial charge on any atom is -0.339 e. The summed E-state index contributed by atoms with van der Waals surface area (Å²) < 4.78 is 1.79. The van der Waals surface area contributed by atoms with Gasteiger partial charge in [-0.1, -0.05) is 42.5 Å². The monoisotopic (exact) mass is 281 g/mol. The molecule has 1 aromatic carbocycles. The fraction of sp³-hybridized carbons (Fsp3) is 0.294. The number of hydrogen-bond donors (Lipinski definition) is 0. The maximum absolute atomic E-state index is 12.2. The van der Waals surface area contributed by atoms with Gasteiger partial charge in [0.25, 0.3) is 5.91 Å². The maximum Gasteiger partial charge on any atom is 0.257 e. The minimum absolute atomic E-state index is 0.103. The molecule has 108 valence electrons. The van der Waals surface area contributed by atoms with Gasteiger partial charge in [0.05, 0.1) is 18.3 Å². The van der Waals surface area contributed by atoms with Crippen molar-refractivity contribution in [3.63, 3.8) is 0 Å². The molecular weight excluding hydrogens is 262 g/mol. The Balaban J connectivity index is 1.60. The second kappa shape index (κ2) is 6.39. The van der Waals surface area contributed by atoms with E-state index in [-0.39, 0.29) is 5.91 Å². The SMILES string of the molecule is O=C(c1cnn(C/C=C\c2ccccc2)c1)N1CCCC1. The van der Waals surface area contributed by atoms with E-state index in [1.807, 2.05) is 35.4 Å². The zero-order chi connectivity index (χ0) is 14.5. The van der Waals surface area contributed by atoms with Gasteiger partial charge in [-0.05, 0) is 18.4 Å². The van der Waals surface area contributed by atoms with Crippen molar-refractivity contribution in [1.82, 2.24) is 14.7 Å². The van der Waals surface area contributed by atoms with Gasteiger partial charge in [-0.3, -0.25) is 9.48 Å². The Morgan fingerprint density at radius 3 is 2.71 bits per heavy atom. The molecular formula is C17H19N3O. The molecule has 21 heavy (non-hydrogen) atoms. The molecule has 0 radical (unpaired) electrons. The summed E-state index contributed by atoms with van der Waals surface area (Å²) in [5.41, 5.74) is 1.85. The molecule has 4 nitrogen and oxygen atoms in total. The second-order valence-electron chi connectivity index (χ2n) is 5.26. The summed E-state index contributed by atoms with van der Waals surface area (Å²) in [5.74, 6) is 0.103. The highest BCUT2D eigenvalue weighted by Gasteiger charge is 2.20. The van der Waals surface area contributed by atoms with Gasteiger partial charge in [0.15, 0.2) is 0 Å². The van der Waals surface area contributed by atoms with E-state index >= 15 is 0 Å². The number of nitrogens with zero attached hydrogens (tertiary/aromatic N) is 3. The van der Waals surface area contributed by atoms with E-state index in [2.05, 4.69) is 23.3 Å². The van der Waals surface area contributed by atoms with Crippen LogP contribution in [0.25, 0.3) is 6.08 Å². The molecule has 1 amide bonds. The number of hydrogen-bond acceptors (Lipinski definition) is 2. The Bertz CT molecular complexity index is 624. The Morgan fingerprint density at radius 1 is 1.19 bits per heavy atom. The van der Waals surface area contributed by atoms with Crippen LogP contribution < -0.4 is 0 Å². The second-order valence-corrected chi connectivity index (χ2v) is 5.26. The summed E-state index contributed by atoms with van der Waals surface area (Å²) >= 11 is 0. The Hall–Kier alpha value is -2.36. The molecule has 1 aliphatic rings. The van der Waals surface area contributed by atoms with Crippen molar-refractivity contribution in [2.24, 2.45) is 0 Å². The van der Waals surface area contributed by atoms with E-state index in [9.17, 15) is 4.79 Å². The molecule has 1 aliphatic heterocycles. The van der Waals surface area contributed by atoms with Gasteiger partial charge in [-0.15, -0.1) is 0 Å². The average molecular weight is 281 g/mol. The number of aromatic nitrogens is 2. The van der Waals surface area contributed by atoms with Gasteiger partial charge in [-0.25, -0.2) is 0 Å². The standard InChI is InChI=1S/C17H19N3O/c21-17(19-10-4-5-11-19)16-13-18-20(14-16)12-6-9-15-7-2-1-3-8-15/h1-3,6-9,13-14H,4-5,10-12H2/b9-6-. The van der Waals surface area contributed by atoms with Crippen LogP contribution in [0.5, 0.6) is 0 Å². The number of amides is 1. The van der Waals surface area contributed by atoms with Gasteiger partial charge in [-0.2, -0.15) is 5.10 Å². The van der Waals surface area contributed by atoms with Crippen molar-refractivity contribution in [3.8, 4) is 0 Å². The third-order valence-electron chi connectivity index (χ3n) is 3.68. The summed E-state index contributed by atoms with van der Waals surface area (Å²) in [5, 5.41) is 4.26. The first-order chi connectivity index (χ1) is 10.3. The lowest BCUT2D eigenvalue weighted by molar-refractivity contribution is 0.0792. The highest BCUT2D eigenvalue weighted by Crippen LogP contribution is 2.12. The largest absolute Gasteiger partial charge is 0.339 e. The van der Waals surface area contributed by atoms with Crippen LogP contribution in [0.2, 0.25) is 0 Å². The predicted octanol–water partition coefficient (Wildman–Crippen LogP) is 2.83. The minimum atomic E-state index is 0.103. The Kier molecular flexibility index (Phi) is 4.15. The molecule has 0 spiro atoms. The van der Waals surface area contributed by atoms with Gasteiger partial charge >= 0.3 is 0 Å². The molecule has 0 atom stereocenters. The summed E-state index contributed by atoms with van der Waals surface area (Å²) in [6, 6.07) is 10.1. The summed E-state index contributed by atoms with van der Waals surface area (Å²) in [6.45, 7) is 2.41. The van der Waals surface area contributed by atoms with E-state index in [0.29, 0.717) is 12.1 Å². The van der Waals surface area contributed by atoms with E-state index in [1.54, 1.807) is 10.9 Å². The number of carbonyl (C=O) groups excluding carboxylic acids is 1. The fourth-order valence-electron chi connectivity index (χ4n) is 2.54. The summed E-state index contributed by atoms with van der Waals surface area (Å²) in [6.07, 6.45) is 9.82. The lowest BCUT2D eigenvalue weighted by Crippen LogP contribution is -2.27. The van der Waals surface area contributed by atoms with Crippen molar-refractivity contribution in [2.45, 2.75) is 19.4 Å². The molecule has 2 heterocycles. The number of rotatable bonds is 4. The predicted molar refractivity (Wildman–Crippen MR) is 82.8 cm³/mol. The molecule has 0 saturated carbocycles. The third-order valence-corrected chi connectivity index (χ3v) is 3.68. The van der Waals surface area contributed by atoms with Crippen LogP contribution in [-0.2, 0) is 6.54 Å². The van der Waals surface area contributed by atoms with Crippen molar-refractivity contribution in [2.75, 3.05) is 13.1 Å². The molecule has 2 aromatic rings. The molecule has 0 aliphatic carbocycles. The molecule has 1 aromatic heterocycles. The van der Waals surface area contributed by atoms with Crippen LogP contribution in [0.4, 0.5) is 0 Å². The molecule has 0 unspecified atom stereocenters. The number of likely N-dealkylation sites (tertiary alicyclic amines) is 1. The summed E-state index contributed by atoms with van der Waals surface area (Å²) in [7, 11) is 0. The highest BCUT2D eigenvalue weighted by atomic mass is 16.2. The number of benzene rings is 1. The molecule has 3 rings (SSSR count).